The molecule has 5 rings (SSSR count). The topological polar surface area (TPSA) is 72.2 Å². The third-order valence-corrected chi connectivity index (χ3v) is 4.77. The summed E-state index contributed by atoms with van der Waals surface area (Å²) in [4.78, 5) is 24.8. The number of benzene rings is 2. The van der Waals surface area contributed by atoms with E-state index in [1.54, 1.807) is 12.4 Å². The van der Waals surface area contributed by atoms with Crippen LogP contribution in [0, 0.1) is 0 Å². The molecule has 140 valence electrons. The molecule has 3 heterocycles. The predicted molar refractivity (Wildman–Crippen MR) is 113 cm³/mol. The highest BCUT2D eigenvalue weighted by Gasteiger charge is 2.10. The number of hydrogen-bond acceptors (Lipinski definition) is 4. The zero-order chi connectivity index (χ0) is 19.8. The van der Waals surface area contributed by atoms with Crippen molar-refractivity contribution in [2.45, 2.75) is 6.92 Å². The molecule has 1 amide bonds. The largest absolute Gasteiger partial charge is 0.326 e. The molecule has 2 aromatic carbocycles. The van der Waals surface area contributed by atoms with E-state index in [9.17, 15) is 4.79 Å². The van der Waals surface area contributed by atoms with Crippen LogP contribution in [-0.2, 0) is 4.79 Å². The van der Waals surface area contributed by atoms with Crippen LogP contribution in [0.15, 0.2) is 79.4 Å². The maximum Gasteiger partial charge on any atom is 0.221 e. The number of nitrogens with zero attached hydrogens (tertiary/aromatic N) is 4. The average Bonchev–Trinajstić information content (AvgIpc) is 3.16. The van der Waals surface area contributed by atoms with E-state index in [0.29, 0.717) is 0 Å². The predicted octanol–water partition coefficient (Wildman–Crippen LogP) is 4.57. The van der Waals surface area contributed by atoms with Gasteiger partial charge in [-0.05, 0) is 30.3 Å². The molecule has 0 spiro atoms. The molecule has 1 N–H and O–H groups in total. The summed E-state index contributed by atoms with van der Waals surface area (Å²) in [6.07, 6.45) is 7.37. The second kappa shape index (κ2) is 6.83. The van der Waals surface area contributed by atoms with Crippen LogP contribution in [0.1, 0.15) is 6.92 Å². The number of imidazole rings is 1. The Hall–Kier alpha value is -4.06. The molecule has 0 radical (unpaired) electrons. The van der Waals surface area contributed by atoms with Gasteiger partial charge in [-0.2, -0.15) is 0 Å². The quantitative estimate of drug-likeness (QED) is 0.498. The lowest BCUT2D eigenvalue weighted by molar-refractivity contribution is -0.114. The fourth-order valence-corrected chi connectivity index (χ4v) is 3.45. The first-order valence-corrected chi connectivity index (χ1v) is 9.24. The number of anilines is 1. The van der Waals surface area contributed by atoms with Crippen molar-refractivity contribution in [3.63, 3.8) is 0 Å². The molecular formula is C23H17N5O. The molecule has 0 saturated carbocycles. The molecule has 0 fully saturated rings. The summed E-state index contributed by atoms with van der Waals surface area (Å²) >= 11 is 0. The fourth-order valence-electron chi connectivity index (χ4n) is 3.45. The molecule has 6 heteroatoms. The first kappa shape index (κ1) is 17.1. The van der Waals surface area contributed by atoms with Crippen LogP contribution in [0.4, 0.5) is 5.69 Å². The third-order valence-electron chi connectivity index (χ3n) is 4.77. The lowest BCUT2D eigenvalue weighted by Gasteiger charge is -2.08. The van der Waals surface area contributed by atoms with Gasteiger partial charge in [0.2, 0.25) is 5.91 Å². The second-order valence-corrected chi connectivity index (χ2v) is 6.82. The highest BCUT2D eigenvalue weighted by atomic mass is 16.1. The molecule has 6 nitrogen and oxygen atoms in total. The summed E-state index contributed by atoms with van der Waals surface area (Å²) in [6.45, 7) is 1.49. The molecule has 0 aliphatic heterocycles. The number of hydrogen-bond donors (Lipinski definition) is 1. The van der Waals surface area contributed by atoms with Gasteiger partial charge in [-0.15, -0.1) is 0 Å². The molecule has 3 aromatic heterocycles. The Morgan fingerprint density at radius 3 is 2.76 bits per heavy atom. The molecule has 29 heavy (non-hydrogen) atoms. The second-order valence-electron chi connectivity index (χ2n) is 6.82. The highest BCUT2D eigenvalue weighted by Crippen LogP contribution is 2.27. The van der Waals surface area contributed by atoms with E-state index < -0.39 is 0 Å². The van der Waals surface area contributed by atoms with E-state index >= 15 is 0 Å². The Kier molecular flexibility index (Phi) is 4.02. The van der Waals surface area contributed by atoms with Crippen molar-refractivity contribution < 1.29 is 4.79 Å². The maximum atomic E-state index is 11.4. The van der Waals surface area contributed by atoms with E-state index in [1.165, 1.54) is 6.92 Å². The van der Waals surface area contributed by atoms with Gasteiger partial charge in [-0.1, -0.05) is 24.3 Å². The number of aromatic nitrogens is 4. The third kappa shape index (κ3) is 3.21. The monoisotopic (exact) mass is 379 g/mol. The van der Waals surface area contributed by atoms with Crippen LogP contribution in [0.3, 0.4) is 0 Å². The van der Waals surface area contributed by atoms with E-state index in [2.05, 4.69) is 38.5 Å². The summed E-state index contributed by atoms with van der Waals surface area (Å²) in [7, 11) is 0. The van der Waals surface area contributed by atoms with Gasteiger partial charge in [-0.25, -0.2) is 4.98 Å². The SMILES string of the molecule is CC(=O)Nc1cccc(-c2cn3c(-c4ccc5ncccc5c4)cnc3cn2)c1. The minimum atomic E-state index is -0.103. The van der Waals surface area contributed by atoms with Crippen LogP contribution in [0.25, 0.3) is 39.1 Å². The number of rotatable bonds is 3. The first-order chi connectivity index (χ1) is 14.2. The minimum absolute atomic E-state index is 0.103. The summed E-state index contributed by atoms with van der Waals surface area (Å²) in [5, 5.41) is 3.89. The zero-order valence-corrected chi connectivity index (χ0v) is 15.7. The van der Waals surface area contributed by atoms with Gasteiger partial charge in [0.25, 0.3) is 0 Å². The van der Waals surface area contributed by atoms with Crippen LogP contribution < -0.4 is 5.32 Å². The van der Waals surface area contributed by atoms with E-state index in [-0.39, 0.29) is 5.91 Å². The first-order valence-electron chi connectivity index (χ1n) is 9.24. The van der Waals surface area contributed by atoms with Gasteiger partial charge < -0.3 is 5.32 Å². The van der Waals surface area contributed by atoms with E-state index in [0.717, 1.165) is 44.8 Å². The van der Waals surface area contributed by atoms with Crippen molar-refractivity contribution in [1.82, 2.24) is 19.4 Å². The van der Waals surface area contributed by atoms with Crippen molar-refractivity contribution >= 4 is 28.1 Å². The van der Waals surface area contributed by atoms with Gasteiger partial charge >= 0.3 is 0 Å². The summed E-state index contributed by atoms with van der Waals surface area (Å²) in [5.41, 5.74) is 6.22. The minimum Gasteiger partial charge on any atom is -0.326 e. The zero-order valence-electron chi connectivity index (χ0n) is 15.7. The van der Waals surface area contributed by atoms with Crippen molar-refractivity contribution in [1.29, 1.82) is 0 Å². The van der Waals surface area contributed by atoms with Crippen molar-refractivity contribution in [2.24, 2.45) is 0 Å². The molecule has 0 atom stereocenters. The smallest absolute Gasteiger partial charge is 0.221 e. The molecule has 0 unspecified atom stereocenters. The van der Waals surface area contributed by atoms with Gasteiger partial charge in [0.05, 0.1) is 29.3 Å². The molecule has 0 aliphatic rings. The molecule has 0 aliphatic carbocycles. The van der Waals surface area contributed by atoms with Gasteiger partial charge in [-0.3, -0.25) is 19.2 Å². The normalized spacial score (nSPS) is 11.1. The Bertz CT molecular complexity index is 1370. The van der Waals surface area contributed by atoms with Crippen molar-refractivity contribution in [3.8, 4) is 22.5 Å². The summed E-state index contributed by atoms with van der Waals surface area (Å²) < 4.78 is 2.03. The number of nitrogens with one attached hydrogen (secondary N) is 1. The molecule has 0 bridgehead atoms. The van der Waals surface area contributed by atoms with E-state index in [4.69, 9.17) is 0 Å². The molecular weight excluding hydrogens is 362 g/mol. The van der Waals surface area contributed by atoms with Crippen LogP contribution in [-0.4, -0.2) is 25.3 Å². The summed E-state index contributed by atoms with van der Waals surface area (Å²) in [5.74, 6) is -0.103. The fraction of sp³-hybridized carbons (Fsp3) is 0.0435. The number of fused-ring (bicyclic) bond motifs is 2. The van der Waals surface area contributed by atoms with E-state index in [1.807, 2.05) is 53.2 Å². The van der Waals surface area contributed by atoms with Crippen molar-refractivity contribution in [3.05, 3.63) is 79.4 Å². The summed E-state index contributed by atoms with van der Waals surface area (Å²) in [6, 6.07) is 17.8. The van der Waals surface area contributed by atoms with Gasteiger partial charge in [0.1, 0.15) is 0 Å². The maximum absolute atomic E-state index is 11.4. The Morgan fingerprint density at radius 2 is 1.86 bits per heavy atom. The molecule has 5 aromatic rings. The van der Waals surface area contributed by atoms with Gasteiger partial charge in [0, 0.05) is 41.5 Å². The lowest BCUT2D eigenvalue weighted by atomic mass is 10.1. The highest BCUT2D eigenvalue weighted by molar-refractivity contribution is 5.89. The lowest BCUT2D eigenvalue weighted by Crippen LogP contribution is -2.05. The number of amides is 1. The van der Waals surface area contributed by atoms with Crippen LogP contribution >= 0.6 is 0 Å². The Labute approximate surface area is 166 Å². The van der Waals surface area contributed by atoms with Crippen molar-refractivity contribution in [2.75, 3.05) is 5.32 Å². The number of carbonyl (C=O) groups excluding carboxylic acids is 1. The van der Waals surface area contributed by atoms with Crippen LogP contribution in [0.5, 0.6) is 0 Å². The number of carbonyl (C=O) groups is 1. The van der Waals surface area contributed by atoms with Crippen LogP contribution in [0.2, 0.25) is 0 Å². The standard InChI is InChI=1S/C23H17N5O/c1-15(29)27-19-6-2-4-17(11-19)21-14-28-22(12-26-23(28)13-25-21)18-7-8-20-16(10-18)5-3-9-24-20/h2-14H,1H3,(H,27,29). The molecule has 0 saturated heterocycles. The number of pyridine rings is 1. The Balaban J connectivity index is 1.61. The van der Waals surface area contributed by atoms with Gasteiger partial charge in [0.15, 0.2) is 5.65 Å². The Morgan fingerprint density at radius 1 is 0.931 bits per heavy atom. The average molecular weight is 379 g/mol.